The van der Waals surface area contributed by atoms with Gasteiger partial charge in [0, 0.05) is 5.38 Å². The smallest absolute Gasteiger partial charge is 0.240 e. The lowest BCUT2D eigenvalue weighted by molar-refractivity contribution is 0.370. The zero-order chi connectivity index (χ0) is 10.5. The molecular formula is C9H8N4OS. The van der Waals surface area contributed by atoms with E-state index in [0.29, 0.717) is 24.8 Å². The Morgan fingerprint density at radius 3 is 3.27 bits per heavy atom. The molecule has 0 bridgehead atoms. The molecule has 0 amide bonds. The van der Waals surface area contributed by atoms with Gasteiger partial charge in [0.15, 0.2) is 0 Å². The third-order valence-electron chi connectivity index (χ3n) is 1.63. The Balaban J connectivity index is 2.02. The highest BCUT2D eigenvalue weighted by Crippen LogP contribution is 2.14. The molecule has 0 aliphatic carbocycles. The lowest BCUT2D eigenvalue weighted by Crippen LogP contribution is -2.13. The molecule has 76 valence electrons. The Labute approximate surface area is 90.5 Å². The number of thiazole rings is 1. The maximum absolute atomic E-state index is 5.09. The average Bonchev–Trinajstić information content (AvgIpc) is 2.87. The van der Waals surface area contributed by atoms with Crippen LogP contribution in [0.3, 0.4) is 0 Å². The van der Waals surface area contributed by atoms with E-state index in [9.17, 15) is 0 Å². The van der Waals surface area contributed by atoms with E-state index in [1.54, 1.807) is 5.51 Å². The van der Waals surface area contributed by atoms with Crippen molar-refractivity contribution in [3.8, 4) is 23.9 Å². The van der Waals surface area contributed by atoms with E-state index in [-0.39, 0.29) is 0 Å². The first-order valence-corrected chi connectivity index (χ1v) is 5.20. The molecule has 2 aromatic rings. The van der Waals surface area contributed by atoms with Crippen LogP contribution >= 0.6 is 11.3 Å². The molecule has 0 aromatic carbocycles. The molecule has 2 aromatic heterocycles. The minimum Gasteiger partial charge on any atom is -0.337 e. The molecule has 5 nitrogen and oxygen atoms in total. The van der Waals surface area contributed by atoms with Gasteiger partial charge in [-0.1, -0.05) is 11.1 Å². The highest BCUT2D eigenvalue weighted by atomic mass is 32.1. The van der Waals surface area contributed by atoms with Gasteiger partial charge >= 0.3 is 0 Å². The molecule has 0 spiro atoms. The quantitative estimate of drug-likeness (QED) is 0.613. The first kappa shape index (κ1) is 9.83. The Kier molecular flexibility index (Phi) is 3.07. The van der Waals surface area contributed by atoms with Gasteiger partial charge in [-0.3, -0.25) is 5.32 Å². The van der Waals surface area contributed by atoms with Gasteiger partial charge in [-0.25, -0.2) is 4.98 Å². The number of terminal acetylenes is 1. The Morgan fingerprint density at radius 1 is 1.60 bits per heavy atom. The monoisotopic (exact) mass is 220 g/mol. The molecular weight excluding hydrogens is 212 g/mol. The summed E-state index contributed by atoms with van der Waals surface area (Å²) in [6.07, 6.45) is 5.09. The molecule has 6 heteroatoms. The molecule has 0 radical (unpaired) electrons. The standard InChI is InChI=1S/C9H8N4OS/c1-2-3-10-4-8-12-9(13-14-8)7-5-15-6-11-7/h1,5-6,10H,3-4H2. The minimum atomic E-state index is 0.474. The highest BCUT2D eigenvalue weighted by Gasteiger charge is 2.08. The molecule has 15 heavy (non-hydrogen) atoms. The van der Waals surface area contributed by atoms with Crippen LogP contribution in [-0.2, 0) is 6.54 Å². The van der Waals surface area contributed by atoms with Crippen LogP contribution in [0.4, 0.5) is 0 Å². The van der Waals surface area contributed by atoms with Crippen molar-refractivity contribution in [2.75, 3.05) is 6.54 Å². The van der Waals surface area contributed by atoms with E-state index in [2.05, 4.69) is 26.4 Å². The number of hydrogen-bond acceptors (Lipinski definition) is 6. The van der Waals surface area contributed by atoms with Crippen molar-refractivity contribution in [3.63, 3.8) is 0 Å². The van der Waals surface area contributed by atoms with Crippen molar-refractivity contribution in [2.45, 2.75) is 6.54 Å². The Hall–Kier alpha value is -1.71. The second-order valence-corrected chi connectivity index (χ2v) is 3.41. The maximum Gasteiger partial charge on any atom is 0.240 e. The number of aromatic nitrogens is 3. The average molecular weight is 220 g/mol. The van der Waals surface area contributed by atoms with Crippen LogP contribution < -0.4 is 5.32 Å². The zero-order valence-electron chi connectivity index (χ0n) is 7.80. The van der Waals surface area contributed by atoms with E-state index >= 15 is 0 Å². The van der Waals surface area contributed by atoms with Crippen molar-refractivity contribution >= 4 is 11.3 Å². The van der Waals surface area contributed by atoms with E-state index in [1.165, 1.54) is 11.3 Å². The molecule has 2 heterocycles. The van der Waals surface area contributed by atoms with Crippen LogP contribution in [0.1, 0.15) is 5.89 Å². The topological polar surface area (TPSA) is 63.8 Å². The summed E-state index contributed by atoms with van der Waals surface area (Å²) in [4.78, 5) is 8.24. The van der Waals surface area contributed by atoms with Crippen molar-refractivity contribution in [3.05, 3.63) is 16.8 Å². The summed E-state index contributed by atoms with van der Waals surface area (Å²) < 4.78 is 5.01. The van der Waals surface area contributed by atoms with Crippen LogP contribution in [0.25, 0.3) is 11.5 Å². The van der Waals surface area contributed by atoms with Gasteiger partial charge in [-0.2, -0.15) is 4.98 Å². The molecule has 0 saturated carbocycles. The van der Waals surface area contributed by atoms with E-state index in [0.717, 1.165) is 5.69 Å². The summed E-state index contributed by atoms with van der Waals surface area (Å²) in [7, 11) is 0. The first-order valence-electron chi connectivity index (χ1n) is 4.25. The predicted octanol–water partition coefficient (Wildman–Crippen LogP) is 0.916. The maximum atomic E-state index is 5.09. The van der Waals surface area contributed by atoms with Gasteiger partial charge in [-0.05, 0) is 0 Å². The molecule has 1 N–H and O–H groups in total. The lowest BCUT2D eigenvalue weighted by atomic mass is 10.5. The third kappa shape index (κ3) is 2.40. The van der Waals surface area contributed by atoms with Crippen LogP contribution in [0.15, 0.2) is 15.4 Å². The van der Waals surface area contributed by atoms with Gasteiger partial charge in [0.25, 0.3) is 0 Å². The first-order chi connectivity index (χ1) is 7.40. The summed E-state index contributed by atoms with van der Waals surface area (Å²) in [5, 5.41) is 8.63. The number of nitrogens with one attached hydrogen (secondary N) is 1. The van der Waals surface area contributed by atoms with Crippen molar-refractivity contribution < 1.29 is 4.52 Å². The van der Waals surface area contributed by atoms with Crippen LogP contribution in [0.2, 0.25) is 0 Å². The van der Waals surface area contributed by atoms with Gasteiger partial charge in [-0.15, -0.1) is 17.8 Å². The summed E-state index contributed by atoms with van der Waals surface area (Å²) in [6.45, 7) is 0.954. The predicted molar refractivity (Wildman–Crippen MR) is 55.9 cm³/mol. The van der Waals surface area contributed by atoms with Crippen molar-refractivity contribution in [1.29, 1.82) is 0 Å². The molecule has 2 rings (SSSR count). The highest BCUT2D eigenvalue weighted by molar-refractivity contribution is 7.07. The minimum absolute atomic E-state index is 0.474. The Morgan fingerprint density at radius 2 is 2.53 bits per heavy atom. The molecule has 0 atom stereocenters. The molecule has 0 saturated heterocycles. The van der Waals surface area contributed by atoms with Crippen molar-refractivity contribution in [1.82, 2.24) is 20.4 Å². The summed E-state index contributed by atoms with van der Waals surface area (Å²) in [5.41, 5.74) is 2.45. The van der Waals surface area contributed by atoms with Gasteiger partial charge in [0.05, 0.1) is 18.6 Å². The normalized spacial score (nSPS) is 10.1. The number of rotatable bonds is 4. The number of nitrogens with zero attached hydrogens (tertiary/aromatic N) is 3. The Bertz CT molecular complexity index is 457. The van der Waals surface area contributed by atoms with Crippen LogP contribution in [0.5, 0.6) is 0 Å². The SMILES string of the molecule is C#CCNCc1nc(-c2cscn2)no1. The molecule has 0 unspecified atom stereocenters. The molecule has 0 fully saturated rings. The van der Waals surface area contributed by atoms with Gasteiger partial charge in [0.2, 0.25) is 11.7 Å². The van der Waals surface area contributed by atoms with Gasteiger partial charge < -0.3 is 4.52 Å². The van der Waals surface area contributed by atoms with E-state index in [4.69, 9.17) is 10.9 Å². The molecule has 0 aliphatic heterocycles. The largest absolute Gasteiger partial charge is 0.337 e. The van der Waals surface area contributed by atoms with E-state index < -0.39 is 0 Å². The fraction of sp³-hybridized carbons (Fsp3) is 0.222. The summed E-state index contributed by atoms with van der Waals surface area (Å²) in [6, 6.07) is 0. The summed E-state index contributed by atoms with van der Waals surface area (Å²) in [5.74, 6) is 3.48. The second kappa shape index (κ2) is 4.68. The van der Waals surface area contributed by atoms with Crippen molar-refractivity contribution in [2.24, 2.45) is 0 Å². The number of hydrogen-bond donors (Lipinski definition) is 1. The van der Waals surface area contributed by atoms with E-state index in [1.807, 2.05) is 5.38 Å². The van der Waals surface area contributed by atoms with Crippen LogP contribution in [0, 0.1) is 12.3 Å². The van der Waals surface area contributed by atoms with Gasteiger partial charge in [0.1, 0.15) is 5.69 Å². The lowest BCUT2D eigenvalue weighted by Gasteiger charge is -1.91. The second-order valence-electron chi connectivity index (χ2n) is 2.69. The van der Waals surface area contributed by atoms with Crippen LogP contribution in [-0.4, -0.2) is 21.7 Å². The fourth-order valence-electron chi connectivity index (χ4n) is 0.995. The molecule has 0 aliphatic rings. The fourth-order valence-corrected chi connectivity index (χ4v) is 1.53. The third-order valence-corrected chi connectivity index (χ3v) is 2.22. The zero-order valence-corrected chi connectivity index (χ0v) is 8.62. The summed E-state index contributed by atoms with van der Waals surface area (Å²) >= 11 is 1.49.